The minimum Gasteiger partial charge on any atom is -0.363 e. The Balaban J connectivity index is 0.00000288. The van der Waals surface area contributed by atoms with Gasteiger partial charge in [-0.15, -0.1) is 12.4 Å². The molecular weight excluding hydrogens is 324 g/mol. The van der Waals surface area contributed by atoms with Crippen molar-refractivity contribution in [2.75, 3.05) is 19.0 Å². The molecule has 2 rings (SSSR count). The maximum atomic E-state index is 12.3. The van der Waals surface area contributed by atoms with E-state index in [1.165, 1.54) is 0 Å². The molecule has 0 fully saturated rings. The third-order valence-electron chi connectivity index (χ3n) is 3.97. The SMILES string of the molecule is CCCC(C)(N)C(=O)NCc1cc(N(C)C)nc2ccccc12.Cl. The summed E-state index contributed by atoms with van der Waals surface area (Å²) in [6.45, 7) is 4.25. The molecule has 132 valence electrons. The summed E-state index contributed by atoms with van der Waals surface area (Å²) in [4.78, 5) is 18.9. The smallest absolute Gasteiger partial charge is 0.240 e. The van der Waals surface area contributed by atoms with Gasteiger partial charge in [0, 0.05) is 26.0 Å². The Labute approximate surface area is 150 Å². The highest BCUT2D eigenvalue weighted by atomic mass is 35.5. The molecule has 0 saturated carbocycles. The Morgan fingerprint density at radius 2 is 2.00 bits per heavy atom. The Morgan fingerprint density at radius 1 is 1.33 bits per heavy atom. The number of rotatable bonds is 6. The second kappa shape index (κ2) is 8.31. The van der Waals surface area contributed by atoms with Crippen LogP contribution in [0.3, 0.4) is 0 Å². The molecule has 0 aliphatic heterocycles. The normalized spacial score (nSPS) is 13.0. The largest absolute Gasteiger partial charge is 0.363 e. The Kier molecular flexibility index (Phi) is 6.99. The second-order valence-electron chi connectivity index (χ2n) is 6.40. The number of nitrogens with zero attached hydrogens (tertiary/aromatic N) is 2. The van der Waals surface area contributed by atoms with Gasteiger partial charge in [0.15, 0.2) is 0 Å². The molecule has 3 N–H and O–H groups in total. The van der Waals surface area contributed by atoms with Gasteiger partial charge in [0.1, 0.15) is 5.82 Å². The molecule has 1 atom stereocenters. The number of halogens is 1. The van der Waals surface area contributed by atoms with Crippen molar-refractivity contribution in [3.05, 3.63) is 35.9 Å². The van der Waals surface area contributed by atoms with E-state index in [4.69, 9.17) is 5.73 Å². The highest BCUT2D eigenvalue weighted by Gasteiger charge is 2.26. The van der Waals surface area contributed by atoms with Gasteiger partial charge in [0.25, 0.3) is 0 Å². The first kappa shape index (κ1) is 20.2. The lowest BCUT2D eigenvalue weighted by Crippen LogP contribution is -2.51. The minimum absolute atomic E-state index is 0. The van der Waals surface area contributed by atoms with Gasteiger partial charge < -0.3 is 16.0 Å². The first-order chi connectivity index (χ1) is 10.8. The van der Waals surface area contributed by atoms with Crippen LogP contribution < -0.4 is 16.0 Å². The van der Waals surface area contributed by atoms with Gasteiger partial charge in [-0.25, -0.2) is 4.98 Å². The van der Waals surface area contributed by atoms with Gasteiger partial charge in [0.2, 0.25) is 5.91 Å². The zero-order chi connectivity index (χ0) is 17.0. The first-order valence-electron chi connectivity index (χ1n) is 7.98. The maximum absolute atomic E-state index is 12.3. The van der Waals surface area contributed by atoms with E-state index in [-0.39, 0.29) is 18.3 Å². The topological polar surface area (TPSA) is 71.2 Å². The molecule has 1 aromatic carbocycles. The molecule has 1 aromatic heterocycles. The summed E-state index contributed by atoms with van der Waals surface area (Å²) in [5.41, 5.74) is 7.23. The van der Waals surface area contributed by atoms with E-state index in [9.17, 15) is 4.79 Å². The van der Waals surface area contributed by atoms with Crippen LogP contribution in [0.4, 0.5) is 5.82 Å². The highest BCUT2D eigenvalue weighted by molar-refractivity contribution is 5.87. The molecule has 2 aromatic rings. The summed E-state index contributed by atoms with van der Waals surface area (Å²) in [5, 5.41) is 4.02. The molecular formula is C18H27ClN4O. The summed E-state index contributed by atoms with van der Waals surface area (Å²) in [6, 6.07) is 9.97. The van der Waals surface area contributed by atoms with E-state index >= 15 is 0 Å². The predicted molar refractivity (Wildman–Crippen MR) is 103 cm³/mol. The molecule has 1 amide bonds. The molecule has 0 aliphatic carbocycles. The van der Waals surface area contributed by atoms with Crippen LogP contribution >= 0.6 is 12.4 Å². The van der Waals surface area contributed by atoms with Gasteiger partial charge in [-0.05, 0) is 31.0 Å². The third kappa shape index (κ3) is 4.58. The van der Waals surface area contributed by atoms with Crippen LogP contribution in [0.15, 0.2) is 30.3 Å². The molecule has 24 heavy (non-hydrogen) atoms. The number of aromatic nitrogens is 1. The van der Waals surface area contributed by atoms with Crippen molar-refractivity contribution in [1.82, 2.24) is 10.3 Å². The number of anilines is 1. The van der Waals surface area contributed by atoms with Crippen LogP contribution in [0.2, 0.25) is 0 Å². The van der Waals surface area contributed by atoms with Gasteiger partial charge >= 0.3 is 0 Å². The molecule has 0 aliphatic rings. The van der Waals surface area contributed by atoms with Crippen molar-refractivity contribution < 1.29 is 4.79 Å². The van der Waals surface area contributed by atoms with Crippen molar-refractivity contribution in [2.45, 2.75) is 38.8 Å². The van der Waals surface area contributed by atoms with E-state index in [1.54, 1.807) is 6.92 Å². The Morgan fingerprint density at radius 3 is 2.62 bits per heavy atom. The number of nitrogens with one attached hydrogen (secondary N) is 1. The van der Waals surface area contributed by atoms with Crippen molar-refractivity contribution >= 4 is 35.0 Å². The van der Waals surface area contributed by atoms with Crippen molar-refractivity contribution in [1.29, 1.82) is 0 Å². The van der Waals surface area contributed by atoms with Gasteiger partial charge in [-0.1, -0.05) is 31.5 Å². The lowest BCUT2D eigenvalue weighted by molar-refractivity contribution is -0.126. The number of hydrogen-bond donors (Lipinski definition) is 2. The lowest BCUT2D eigenvalue weighted by atomic mass is 9.96. The van der Waals surface area contributed by atoms with Crippen LogP contribution in [0.25, 0.3) is 10.9 Å². The molecule has 0 saturated heterocycles. The second-order valence-corrected chi connectivity index (χ2v) is 6.40. The van der Waals surface area contributed by atoms with Gasteiger partial charge in [0.05, 0.1) is 11.1 Å². The number of nitrogens with two attached hydrogens (primary N) is 1. The maximum Gasteiger partial charge on any atom is 0.240 e. The molecule has 1 heterocycles. The number of carbonyl (C=O) groups is 1. The minimum atomic E-state index is -0.831. The van der Waals surface area contributed by atoms with Crippen LogP contribution in [0, 0.1) is 0 Å². The van der Waals surface area contributed by atoms with E-state index in [0.29, 0.717) is 13.0 Å². The van der Waals surface area contributed by atoms with Crippen molar-refractivity contribution in [3.8, 4) is 0 Å². The van der Waals surface area contributed by atoms with Crippen molar-refractivity contribution in [2.24, 2.45) is 5.73 Å². The zero-order valence-corrected chi connectivity index (χ0v) is 15.6. The number of benzene rings is 1. The summed E-state index contributed by atoms with van der Waals surface area (Å²) in [5.74, 6) is 0.753. The fourth-order valence-electron chi connectivity index (χ4n) is 2.62. The lowest BCUT2D eigenvalue weighted by Gasteiger charge is -2.23. The molecule has 1 unspecified atom stereocenters. The average molecular weight is 351 g/mol. The Hall–Kier alpha value is -1.85. The fraction of sp³-hybridized carbons (Fsp3) is 0.444. The Bertz CT molecular complexity index is 700. The third-order valence-corrected chi connectivity index (χ3v) is 3.97. The van der Waals surface area contributed by atoms with Gasteiger partial charge in [-0.3, -0.25) is 4.79 Å². The molecule has 0 spiro atoms. The average Bonchev–Trinajstić information content (AvgIpc) is 2.51. The zero-order valence-electron chi connectivity index (χ0n) is 14.8. The van der Waals surface area contributed by atoms with Crippen molar-refractivity contribution in [3.63, 3.8) is 0 Å². The number of amides is 1. The summed E-state index contributed by atoms with van der Waals surface area (Å²) < 4.78 is 0. The van der Waals surface area contributed by atoms with Crippen LogP contribution in [-0.4, -0.2) is 30.5 Å². The van der Waals surface area contributed by atoms with E-state index in [2.05, 4.69) is 10.3 Å². The number of carbonyl (C=O) groups excluding carboxylic acids is 1. The summed E-state index contributed by atoms with van der Waals surface area (Å²) >= 11 is 0. The van der Waals surface area contributed by atoms with Crippen LogP contribution in [0.1, 0.15) is 32.3 Å². The number of hydrogen-bond acceptors (Lipinski definition) is 4. The highest BCUT2D eigenvalue weighted by Crippen LogP contribution is 2.22. The predicted octanol–water partition coefficient (Wildman–Crippen LogP) is 2.86. The van der Waals surface area contributed by atoms with Crippen LogP contribution in [-0.2, 0) is 11.3 Å². The van der Waals surface area contributed by atoms with E-state index in [1.807, 2.05) is 56.3 Å². The fourth-order valence-corrected chi connectivity index (χ4v) is 2.62. The molecule has 0 bridgehead atoms. The molecule has 0 radical (unpaired) electrons. The van der Waals surface area contributed by atoms with Crippen LogP contribution in [0.5, 0.6) is 0 Å². The number of para-hydroxylation sites is 1. The molecule has 5 nitrogen and oxygen atoms in total. The molecule has 6 heteroatoms. The van der Waals surface area contributed by atoms with E-state index in [0.717, 1.165) is 28.7 Å². The standard InChI is InChI=1S/C18H26N4O.ClH/c1-5-10-18(2,19)17(23)20-12-13-11-16(22(3)4)21-15-9-7-6-8-14(13)15;/h6-9,11H,5,10,12,19H2,1-4H3,(H,20,23);1H. The summed E-state index contributed by atoms with van der Waals surface area (Å²) in [7, 11) is 3.91. The number of pyridine rings is 1. The van der Waals surface area contributed by atoms with Gasteiger partial charge in [-0.2, -0.15) is 0 Å². The van der Waals surface area contributed by atoms with E-state index < -0.39 is 5.54 Å². The quantitative estimate of drug-likeness (QED) is 0.840. The first-order valence-corrected chi connectivity index (χ1v) is 7.98. The summed E-state index contributed by atoms with van der Waals surface area (Å²) in [6.07, 6.45) is 1.54. The monoisotopic (exact) mass is 350 g/mol. The number of fused-ring (bicyclic) bond motifs is 1.